The van der Waals surface area contributed by atoms with Crippen LogP contribution in [0.4, 0.5) is 22.7 Å². The van der Waals surface area contributed by atoms with Crippen LogP contribution in [0.1, 0.15) is 62.3 Å². The van der Waals surface area contributed by atoms with Gasteiger partial charge in [0.15, 0.2) is 0 Å². The molecule has 0 aliphatic carbocycles. The topological polar surface area (TPSA) is 38.0 Å². The normalized spacial score (nSPS) is 13.6. The fraction of sp³-hybridized carbons (Fsp3) is 0.158. The van der Waals surface area contributed by atoms with E-state index in [-0.39, 0.29) is 37.5 Å². The van der Waals surface area contributed by atoms with Crippen LogP contribution in [-0.4, -0.2) is 20.1 Å². The molecule has 0 unspecified atom stereocenters. The molecule has 0 fully saturated rings. The van der Waals surface area contributed by atoms with E-state index in [1.807, 2.05) is 57.8 Å². The molecule has 0 N–H and O–H groups in total. The van der Waals surface area contributed by atoms with Crippen LogP contribution in [0.3, 0.4) is 0 Å². The van der Waals surface area contributed by atoms with Gasteiger partial charge in [-0.25, -0.2) is 4.98 Å². The van der Waals surface area contributed by atoms with E-state index < -0.39 is 6.85 Å². The first-order valence-corrected chi connectivity index (χ1v) is 21.4. The van der Waals surface area contributed by atoms with Gasteiger partial charge in [0.25, 0.3) is 5.69 Å². The minimum atomic E-state index is -2.36. The van der Waals surface area contributed by atoms with E-state index in [2.05, 4.69) is 166 Å². The van der Waals surface area contributed by atoms with E-state index in [9.17, 15) is 0 Å². The molecular formula is C57H47N5OPt+2. The molecule has 11 rings (SSSR count). The number of aryl methyl sites for hydroxylation is 1. The Kier molecular flexibility index (Phi) is 9.10. The smallest absolute Gasteiger partial charge is 0.509 e. The first-order chi connectivity index (χ1) is 31.6. The molecule has 1 aliphatic rings. The summed E-state index contributed by atoms with van der Waals surface area (Å²) in [7, 11) is 0. The van der Waals surface area contributed by atoms with E-state index in [0.717, 1.165) is 55.6 Å². The maximum Gasteiger partial charge on any atom is 2.00 e. The molecule has 4 heterocycles. The second-order valence-corrected chi connectivity index (χ2v) is 18.4. The Labute approximate surface area is 392 Å². The van der Waals surface area contributed by atoms with Crippen molar-refractivity contribution in [1.82, 2.24) is 23.3 Å². The van der Waals surface area contributed by atoms with Crippen LogP contribution in [0.25, 0.3) is 55.1 Å². The predicted molar refractivity (Wildman–Crippen MR) is 260 cm³/mol. The van der Waals surface area contributed by atoms with Gasteiger partial charge in [0.1, 0.15) is 11.5 Å². The average molecular weight is 1020 g/mol. The molecule has 6 nitrogen and oxygen atoms in total. The van der Waals surface area contributed by atoms with Gasteiger partial charge in [0, 0.05) is 67.5 Å². The van der Waals surface area contributed by atoms with Gasteiger partial charge >= 0.3 is 32.8 Å². The van der Waals surface area contributed by atoms with Crippen molar-refractivity contribution in [3.8, 4) is 23.0 Å². The molecule has 0 atom stereocenters. The zero-order valence-corrected chi connectivity index (χ0v) is 38.7. The Morgan fingerprint density at radius 3 is 2.03 bits per heavy atom. The van der Waals surface area contributed by atoms with E-state index >= 15 is 0 Å². The third-order valence-electron chi connectivity index (χ3n) is 12.2. The van der Waals surface area contributed by atoms with Gasteiger partial charge in [-0.3, -0.25) is 0 Å². The maximum atomic E-state index is 8.49. The third-order valence-corrected chi connectivity index (χ3v) is 12.2. The largest absolute Gasteiger partial charge is 2.00 e. The van der Waals surface area contributed by atoms with Crippen molar-refractivity contribution in [3.05, 3.63) is 187 Å². The van der Waals surface area contributed by atoms with Crippen LogP contribution < -0.4 is 13.9 Å². The monoisotopic (exact) mass is 1020 g/mol. The molecule has 1 aliphatic heterocycles. The zero-order chi connectivity index (χ0) is 45.7. The van der Waals surface area contributed by atoms with Crippen LogP contribution in [0.2, 0.25) is 0 Å². The molecule has 10 aromatic rings. The van der Waals surface area contributed by atoms with Crippen molar-refractivity contribution in [1.29, 1.82) is 0 Å². The summed E-state index contributed by atoms with van der Waals surface area (Å²) in [6.07, 6.45) is 1.88. The van der Waals surface area contributed by atoms with Crippen molar-refractivity contribution >= 4 is 72.4 Å². The third kappa shape index (κ3) is 6.90. The summed E-state index contributed by atoms with van der Waals surface area (Å²) in [6, 6.07) is 62.0. The molecule has 314 valence electrons. The molecule has 64 heavy (non-hydrogen) atoms. The molecule has 0 spiro atoms. The summed E-state index contributed by atoms with van der Waals surface area (Å²) < 4.78 is 40.4. The molecule has 0 bridgehead atoms. The Bertz CT molecular complexity index is 3640. The van der Waals surface area contributed by atoms with Crippen LogP contribution in [0.5, 0.6) is 11.5 Å². The van der Waals surface area contributed by atoms with Gasteiger partial charge in [0.05, 0.1) is 11.0 Å². The molecule has 7 heteroatoms. The molecule has 0 saturated heterocycles. The van der Waals surface area contributed by atoms with Crippen LogP contribution in [-0.2, 0) is 31.9 Å². The van der Waals surface area contributed by atoms with Crippen molar-refractivity contribution in [2.45, 2.75) is 59.2 Å². The molecule has 0 radical (unpaired) electrons. The molecular weight excluding hydrogens is 966 g/mol. The van der Waals surface area contributed by atoms with Crippen LogP contribution in [0, 0.1) is 19.0 Å². The van der Waals surface area contributed by atoms with Gasteiger partial charge in [-0.2, -0.15) is 12.1 Å². The SMILES string of the molecule is [2H]C([2H])([2H])c1cccc2c1[N+](c1cccc(C(C)(C)C)c1)=C=[N+]2c1[c-]c(Oc2[c-]c3c(cc2)c2cc(-n4c5ccccc5c5ccccc54)ccc2n3-c2cc(C(C)(C)C)ccn2)ccc1.[Pt+2]. The Balaban J connectivity index is 0.00000525. The summed E-state index contributed by atoms with van der Waals surface area (Å²) in [4.78, 5) is 4.94. The van der Waals surface area contributed by atoms with Crippen LogP contribution in [0.15, 0.2) is 158 Å². The summed E-state index contributed by atoms with van der Waals surface area (Å²) in [5.41, 5.74) is 10.2. The predicted octanol–water partition coefficient (Wildman–Crippen LogP) is 14.4. The molecule has 0 amide bonds. The summed E-state index contributed by atoms with van der Waals surface area (Å²) in [5.74, 6) is 1.77. The quantitative estimate of drug-likeness (QED) is 0.123. The van der Waals surface area contributed by atoms with E-state index in [4.69, 9.17) is 13.8 Å². The summed E-state index contributed by atoms with van der Waals surface area (Å²) in [6.45, 7) is 10.8. The number of para-hydroxylation sites is 3. The number of rotatable bonds is 6. The standard InChI is InChI=1S/C57H47N5O.Pt/c1-37-15-12-24-52-55(37)60(40-17-13-16-38(31-40)56(2,3)4)36-59(52)41-18-14-19-43(33-41)63-44-26-27-47-48-34-42(61-49-22-10-8-20-45(49)46-21-9-11-23-50(46)61)25-28-51(48)62(53(47)35-44)54-32-39(29-30-58-54)57(5,6)7;/h8-32,34H,1-7H3;/q;+2/i1D3;. The van der Waals surface area contributed by atoms with E-state index in [1.54, 1.807) is 12.1 Å². The van der Waals surface area contributed by atoms with Crippen molar-refractivity contribution < 1.29 is 29.9 Å². The number of hydrogen-bond acceptors (Lipinski definition) is 2. The minimum Gasteiger partial charge on any atom is -0.509 e. The summed E-state index contributed by atoms with van der Waals surface area (Å²) >= 11 is 0. The van der Waals surface area contributed by atoms with Crippen molar-refractivity contribution in [3.63, 3.8) is 0 Å². The van der Waals surface area contributed by atoms with Gasteiger partial charge < -0.3 is 13.9 Å². The number of fused-ring (bicyclic) bond motifs is 7. The van der Waals surface area contributed by atoms with Gasteiger partial charge in [-0.15, -0.1) is 23.6 Å². The number of ether oxygens (including phenoxy) is 1. The zero-order valence-electron chi connectivity index (χ0n) is 39.5. The summed E-state index contributed by atoms with van der Waals surface area (Å²) in [5, 5.41) is 4.50. The Hall–Kier alpha value is -6.84. The first-order valence-electron chi connectivity index (χ1n) is 22.9. The van der Waals surface area contributed by atoms with Crippen molar-refractivity contribution in [2.24, 2.45) is 0 Å². The first kappa shape index (κ1) is 37.7. The van der Waals surface area contributed by atoms with E-state index in [1.165, 1.54) is 16.3 Å². The second kappa shape index (κ2) is 15.5. The number of nitrogens with zero attached hydrogens (tertiary/aromatic N) is 5. The Morgan fingerprint density at radius 1 is 0.594 bits per heavy atom. The van der Waals surface area contributed by atoms with E-state index in [0.29, 0.717) is 28.6 Å². The number of aromatic nitrogens is 3. The number of hydrogen-bond donors (Lipinski definition) is 0. The van der Waals surface area contributed by atoms with Crippen LogP contribution >= 0.6 is 0 Å². The second-order valence-electron chi connectivity index (χ2n) is 18.4. The van der Waals surface area contributed by atoms with Gasteiger partial charge in [-0.05, 0) is 81.2 Å². The molecule has 0 saturated carbocycles. The number of pyridine rings is 1. The minimum absolute atomic E-state index is 0. The molecule has 3 aromatic heterocycles. The average Bonchev–Trinajstić information content (AvgIpc) is 3.96. The van der Waals surface area contributed by atoms with Crippen molar-refractivity contribution in [2.75, 3.05) is 0 Å². The number of benzene rings is 7. The van der Waals surface area contributed by atoms with Gasteiger partial charge in [0.2, 0.25) is 5.69 Å². The fourth-order valence-electron chi connectivity index (χ4n) is 8.93. The molecule has 7 aromatic carbocycles. The van der Waals surface area contributed by atoms with Gasteiger partial charge in [-0.1, -0.05) is 124 Å². The fourth-order valence-corrected chi connectivity index (χ4v) is 8.93. The maximum absolute atomic E-state index is 8.49. The Morgan fingerprint density at radius 2 is 1.28 bits per heavy atom.